The van der Waals surface area contributed by atoms with Gasteiger partial charge in [0.15, 0.2) is 17.3 Å². The number of furan rings is 1. The first-order valence-corrected chi connectivity index (χ1v) is 12.1. The van der Waals surface area contributed by atoms with Crippen LogP contribution in [-0.4, -0.2) is 25.2 Å². The molecule has 3 N–H and O–H groups in total. The number of hydrogen-bond acceptors (Lipinski definition) is 6. The summed E-state index contributed by atoms with van der Waals surface area (Å²) < 4.78 is 17.9. The van der Waals surface area contributed by atoms with Crippen LogP contribution in [0.25, 0.3) is 11.0 Å². The Bertz CT molecular complexity index is 1290. The highest BCUT2D eigenvalue weighted by molar-refractivity contribution is 6.34. The van der Waals surface area contributed by atoms with Gasteiger partial charge >= 0.3 is 0 Å². The lowest BCUT2D eigenvalue weighted by atomic mass is 9.74. The molecule has 2 aromatic carbocycles. The van der Waals surface area contributed by atoms with E-state index in [2.05, 4.69) is 22.5 Å². The fourth-order valence-corrected chi connectivity index (χ4v) is 5.62. The van der Waals surface area contributed by atoms with Crippen molar-refractivity contribution in [1.82, 2.24) is 10.6 Å². The first kappa shape index (κ1) is 21.2. The van der Waals surface area contributed by atoms with Crippen LogP contribution in [0.5, 0.6) is 11.5 Å². The predicted molar refractivity (Wildman–Crippen MR) is 131 cm³/mol. The van der Waals surface area contributed by atoms with Crippen LogP contribution in [0.3, 0.4) is 0 Å². The molecule has 1 aliphatic carbocycles. The fraction of sp³-hybridized carbons (Fsp3) is 0.346. The van der Waals surface area contributed by atoms with Gasteiger partial charge in [-0.25, -0.2) is 0 Å². The molecule has 8 heteroatoms. The van der Waals surface area contributed by atoms with Crippen molar-refractivity contribution in [3.63, 3.8) is 0 Å². The second-order valence-electron chi connectivity index (χ2n) is 9.22. The third kappa shape index (κ3) is 3.55. The van der Waals surface area contributed by atoms with Crippen molar-refractivity contribution in [1.29, 1.82) is 0 Å². The second-order valence-corrected chi connectivity index (χ2v) is 9.62. The maximum absolute atomic E-state index is 13.0. The van der Waals surface area contributed by atoms with E-state index in [1.165, 1.54) is 6.42 Å². The molecule has 0 saturated heterocycles. The van der Waals surface area contributed by atoms with Crippen LogP contribution in [0.4, 0.5) is 5.69 Å². The van der Waals surface area contributed by atoms with Gasteiger partial charge < -0.3 is 29.8 Å². The van der Waals surface area contributed by atoms with Crippen molar-refractivity contribution in [3.8, 4) is 11.5 Å². The minimum atomic E-state index is -0.303. The second kappa shape index (κ2) is 8.17. The van der Waals surface area contributed by atoms with Gasteiger partial charge in [0.25, 0.3) is 5.91 Å². The molecule has 1 aromatic heterocycles. The molecule has 3 aromatic rings. The summed E-state index contributed by atoms with van der Waals surface area (Å²) in [5.74, 6) is 2.06. The molecule has 2 aliphatic heterocycles. The van der Waals surface area contributed by atoms with Crippen LogP contribution in [0, 0.1) is 0 Å². The summed E-state index contributed by atoms with van der Waals surface area (Å²) in [6.45, 7) is 4.77. The van der Waals surface area contributed by atoms with Crippen LogP contribution < -0.4 is 25.4 Å². The fourth-order valence-electron chi connectivity index (χ4n) is 5.36. The van der Waals surface area contributed by atoms with Gasteiger partial charge in [-0.15, -0.1) is 0 Å². The van der Waals surface area contributed by atoms with Crippen LogP contribution in [0.2, 0.25) is 5.02 Å². The van der Waals surface area contributed by atoms with Gasteiger partial charge in [0.05, 0.1) is 28.6 Å². The Morgan fingerprint density at radius 1 is 1.18 bits per heavy atom. The molecule has 3 aliphatic rings. The van der Waals surface area contributed by atoms with E-state index in [-0.39, 0.29) is 23.3 Å². The molecular formula is C26H26ClN3O4. The van der Waals surface area contributed by atoms with E-state index in [9.17, 15) is 4.79 Å². The van der Waals surface area contributed by atoms with Gasteiger partial charge in [0.2, 0.25) is 0 Å². The topological polar surface area (TPSA) is 84.8 Å². The molecule has 1 amide bonds. The van der Waals surface area contributed by atoms with E-state index in [1.54, 1.807) is 6.07 Å². The lowest BCUT2D eigenvalue weighted by molar-refractivity contribution is 0.0774. The van der Waals surface area contributed by atoms with E-state index in [1.807, 2.05) is 30.3 Å². The Labute approximate surface area is 202 Å². The highest BCUT2D eigenvalue weighted by Gasteiger charge is 2.42. The standard InChI is InChI=1S/C26H26ClN3O4/c1-15-29-23-18(27)11-16-12-21(34-24(16)22(23)26(30-15)9-5-2-6-10-26)25(31)28-13-17-14-32-19-7-3-4-8-20(19)33-17/h3-4,7-8,11-12,17,29-30H,1-2,5-6,9-10,13-14H2,(H,28,31). The maximum atomic E-state index is 13.0. The summed E-state index contributed by atoms with van der Waals surface area (Å²) in [6.07, 6.45) is 5.04. The summed E-state index contributed by atoms with van der Waals surface area (Å²) in [5, 5.41) is 11.2. The van der Waals surface area contributed by atoms with Crippen molar-refractivity contribution >= 4 is 34.2 Å². The van der Waals surface area contributed by atoms with Crippen LogP contribution in [0.1, 0.15) is 48.2 Å². The monoisotopic (exact) mass is 479 g/mol. The maximum Gasteiger partial charge on any atom is 0.287 e. The summed E-state index contributed by atoms with van der Waals surface area (Å²) in [7, 11) is 0. The smallest absolute Gasteiger partial charge is 0.287 e. The van der Waals surface area contributed by atoms with E-state index < -0.39 is 0 Å². The number of halogens is 1. The lowest BCUT2D eigenvalue weighted by Gasteiger charge is -2.44. The minimum Gasteiger partial charge on any atom is -0.486 e. The van der Waals surface area contributed by atoms with Crippen molar-refractivity contribution in [2.75, 3.05) is 18.5 Å². The number of nitrogens with one attached hydrogen (secondary N) is 3. The normalized spacial score (nSPS) is 20.4. The van der Waals surface area contributed by atoms with E-state index in [0.717, 1.165) is 48.1 Å². The Morgan fingerprint density at radius 2 is 1.97 bits per heavy atom. The third-order valence-electron chi connectivity index (χ3n) is 6.89. The molecule has 1 unspecified atom stereocenters. The van der Waals surface area contributed by atoms with Gasteiger partial charge in [-0.1, -0.05) is 49.6 Å². The van der Waals surface area contributed by atoms with Crippen molar-refractivity contribution in [2.45, 2.75) is 43.7 Å². The predicted octanol–water partition coefficient (Wildman–Crippen LogP) is 5.30. The average Bonchev–Trinajstić information content (AvgIpc) is 3.26. The summed E-state index contributed by atoms with van der Waals surface area (Å²) in [5.41, 5.74) is 2.19. The molecule has 0 radical (unpaired) electrons. The minimum absolute atomic E-state index is 0.243. The van der Waals surface area contributed by atoms with Crippen molar-refractivity contribution in [3.05, 3.63) is 65.1 Å². The highest BCUT2D eigenvalue weighted by Crippen LogP contribution is 2.49. The molecular weight excluding hydrogens is 454 g/mol. The average molecular weight is 480 g/mol. The number of carbonyl (C=O) groups is 1. The number of amides is 1. The third-order valence-corrected chi connectivity index (χ3v) is 7.19. The largest absolute Gasteiger partial charge is 0.486 e. The molecule has 1 saturated carbocycles. The van der Waals surface area contributed by atoms with Gasteiger partial charge in [0, 0.05) is 10.9 Å². The Hall–Kier alpha value is -3.32. The summed E-state index contributed by atoms with van der Waals surface area (Å²) in [6, 6.07) is 11.1. The zero-order valence-electron chi connectivity index (χ0n) is 18.7. The molecule has 1 atom stereocenters. The van der Waals surface area contributed by atoms with Crippen LogP contribution >= 0.6 is 11.6 Å². The SMILES string of the molecule is C=C1Nc2c(Cl)cc3cc(C(=O)NCC4COc5ccccc5O4)oc3c2C2(CCCCC2)N1. The molecule has 1 spiro atoms. The quantitative estimate of drug-likeness (QED) is 0.472. The number of rotatable bonds is 3. The molecule has 7 nitrogen and oxygen atoms in total. The summed E-state index contributed by atoms with van der Waals surface area (Å²) >= 11 is 6.68. The van der Waals surface area contributed by atoms with Crippen molar-refractivity contribution < 1.29 is 18.7 Å². The first-order chi connectivity index (χ1) is 16.5. The van der Waals surface area contributed by atoms with Gasteiger partial charge in [0.1, 0.15) is 18.3 Å². The number of hydrogen-bond donors (Lipinski definition) is 3. The number of benzene rings is 2. The molecule has 176 valence electrons. The van der Waals surface area contributed by atoms with Gasteiger partial charge in [-0.05, 0) is 37.1 Å². The molecule has 6 rings (SSSR count). The molecule has 34 heavy (non-hydrogen) atoms. The Kier molecular flexibility index (Phi) is 5.10. The zero-order valence-corrected chi connectivity index (χ0v) is 19.5. The Balaban J connectivity index is 1.27. The number of carbonyl (C=O) groups excluding carboxylic acids is 1. The number of para-hydroxylation sites is 2. The van der Waals surface area contributed by atoms with E-state index >= 15 is 0 Å². The molecule has 0 bridgehead atoms. The summed E-state index contributed by atoms with van der Waals surface area (Å²) in [4.78, 5) is 13.0. The van der Waals surface area contributed by atoms with Gasteiger partial charge in [-0.3, -0.25) is 4.79 Å². The first-order valence-electron chi connectivity index (χ1n) is 11.7. The zero-order chi connectivity index (χ0) is 23.3. The molecule has 3 heterocycles. The van der Waals surface area contributed by atoms with E-state index in [0.29, 0.717) is 35.3 Å². The van der Waals surface area contributed by atoms with Crippen molar-refractivity contribution in [2.24, 2.45) is 0 Å². The highest BCUT2D eigenvalue weighted by atomic mass is 35.5. The van der Waals surface area contributed by atoms with Crippen LogP contribution in [-0.2, 0) is 5.54 Å². The lowest BCUT2D eigenvalue weighted by Crippen LogP contribution is -2.48. The molecule has 1 fully saturated rings. The number of fused-ring (bicyclic) bond motifs is 5. The van der Waals surface area contributed by atoms with Crippen LogP contribution in [0.15, 0.2) is 53.2 Å². The van der Waals surface area contributed by atoms with E-state index in [4.69, 9.17) is 25.5 Å². The Morgan fingerprint density at radius 3 is 2.79 bits per heavy atom. The number of anilines is 1. The van der Waals surface area contributed by atoms with Gasteiger partial charge in [-0.2, -0.15) is 0 Å². The number of ether oxygens (including phenoxy) is 2.